The number of nitrogens with zero attached hydrogens (tertiary/aromatic N) is 5. The number of likely N-dealkylation sites (tertiary alicyclic amines) is 1. The fourth-order valence-electron chi connectivity index (χ4n) is 6.30. The van der Waals surface area contributed by atoms with Crippen molar-refractivity contribution in [3.63, 3.8) is 0 Å². The second-order valence-electron chi connectivity index (χ2n) is 12.5. The number of aryl methyl sites for hydroxylation is 1. The maximum atomic E-state index is 13.3. The van der Waals surface area contributed by atoms with Crippen LogP contribution in [0.1, 0.15) is 45.7 Å². The molecule has 4 amide bonds. The number of imide groups is 2. The van der Waals surface area contributed by atoms with Gasteiger partial charge in [-0.2, -0.15) is 0 Å². The summed E-state index contributed by atoms with van der Waals surface area (Å²) in [5.74, 6) is -2.36. The third-order valence-corrected chi connectivity index (χ3v) is 10.1. The molecule has 50 heavy (non-hydrogen) atoms. The van der Waals surface area contributed by atoms with Gasteiger partial charge in [0.25, 0.3) is 17.7 Å². The monoisotopic (exact) mass is 689 g/mol. The van der Waals surface area contributed by atoms with Crippen LogP contribution in [0.25, 0.3) is 31.9 Å². The topological polar surface area (TPSA) is 133 Å². The molecule has 1 fully saturated rings. The summed E-state index contributed by atoms with van der Waals surface area (Å²) in [6.07, 6.45) is 3.36. The second-order valence-corrected chi connectivity index (χ2v) is 13.6. The van der Waals surface area contributed by atoms with Crippen LogP contribution in [0.3, 0.4) is 0 Å². The summed E-state index contributed by atoms with van der Waals surface area (Å²) in [7, 11) is 4.06. The Bertz CT molecular complexity index is 2110. The molecule has 0 saturated carbocycles. The standard InChI is InChI=1S/C38H35N5O6S/c1-41(2)27-11-14-31-33(20-27)50-35(40-31)24-7-5-23(6-8-24)25-9-10-26(39-22-25)4-3-18-49-19-17-42-34(45)16-15-32(38(42)48)43-36(46)29-13-12-28(44)21-30(29)37(43)47/h5-14,20-22,32,44H,3-4,15-19H2,1-2H3. The predicted octanol–water partition coefficient (Wildman–Crippen LogP) is 5.56. The smallest absolute Gasteiger partial charge is 0.262 e. The van der Waals surface area contributed by atoms with E-state index in [1.54, 1.807) is 11.3 Å². The van der Waals surface area contributed by atoms with E-state index in [4.69, 9.17) is 9.72 Å². The van der Waals surface area contributed by atoms with Crippen LogP contribution in [-0.2, 0) is 20.7 Å². The van der Waals surface area contributed by atoms with E-state index in [0.717, 1.165) is 53.1 Å². The normalized spacial score (nSPS) is 16.1. The maximum Gasteiger partial charge on any atom is 0.262 e. The van der Waals surface area contributed by atoms with Gasteiger partial charge in [0.15, 0.2) is 0 Å². The number of benzene rings is 3. The number of amides is 4. The van der Waals surface area contributed by atoms with Crippen LogP contribution in [0.5, 0.6) is 5.75 Å². The summed E-state index contributed by atoms with van der Waals surface area (Å²) in [5.41, 5.74) is 6.42. The Morgan fingerprint density at radius 3 is 2.40 bits per heavy atom. The van der Waals surface area contributed by atoms with E-state index in [0.29, 0.717) is 19.4 Å². The average Bonchev–Trinajstić information content (AvgIpc) is 3.65. The van der Waals surface area contributed by atoms with Crippen LogP contribution >= 0.6 is 11.3 Å². The lowest BCUT2D eigenvalue weighted by molar-refractivity contribution is -0.152. The summed E-state index contributed by atoms with van der Waals surface area (Å²) in [6.45, 7) is 0.575. The molecule has 0 bridgehead atoms. The number of carbonyl (C=O) groups is 4. The van der Waals surface area contributed by atoms with Gasteiger partial charge in [0.2, 0.25) is 5.91 Å². The van der Waals surface area contributed by atoms with Crippen molar-refractivity contribution in [2.75, 3.05) is 38.8 Å². The lowest BCUT2D eigenvalue weighted by Gasteiger charge is -2.34. The molecule has 11 nitrogen and oxygen atoms in total. The number of piperidine rings is 1. The lowest BCUT2D eigenvalue weighted by Crippen LogP contribution is -2.56. The van der Waals surface area contributed by atoms with E-state index in [1.807, 2.05) is 26.4 Å². The number of phenols is 1. The number of aromatic nitrogens is 2. The molecule has 1 unspecified atom stereocenters. The van der Waals surface area contributed by atoms with Crippen LogP contribution in [0, 0.1) is 0 Å². The minimum absolute atomic E-state index is 0.0280. The molecule has 4 heterocycles. The molecule has 1 saturated heterocycles. The van der Waals surface area contributed by atoms with Gasteiger partial charge < -0.3 is 14.7 Å². The molecular weight excluding hydrogens is 655 g/mol. The quantitative estimate of drug-likeness (QED) is 0.140. The van der Waals surface area contributed by atoms with Crippen molar-refractivity contribution in [3.05, 3.63) is 95.8 Å². The van der Waals surface area contributed by atoms with Gasteiger partial charge in [-0.1, -0.05) is 30.3 Å². The van der Waals surface area contributed by atoms with Gasteiger partial charge in [-0.05, 0) is 67.3 Å². The number of pyridine rings is 1. The Hall–Kier alpha value is -5.46. The number of hydrogen-bond acceptors (Lipinski definition) is 10. The Morgan fingerprint density at radius 2 is 1.64 bits per heavy atom. The molecule has 2 aliphatic rings. The minimum atomic E-state index is -1.08. The van der Waals surface area contributed by atoms with E-state index >= 15 is 0 Å². The molecule has 0 radical (unpaired) electrons. The van der Waals surface area contributed by atoms with Crippen molar-refractivity contribution < 1.29 is 29.0 Å². The highest BCUT2D eigenvalue weighted by Crippen LogP contribution is 2.34. The van der Waals surface area contributed by atoms with E-state index in [2.05, 4.69) is 58.4 Å². The first-order chi connectivity index (χ1) is 24.2. The fraction of sp³-hybridized carbons (Fsp3) is 0.263. The largest absolute Gasteiger partial charge is 0.508 e. The van der Waals surface area contributed by atoms with E-state index in [1.165, 1.54) is 18.2 Å². The zero-order valence-corrected chi connectivity index (χ0v) is 28.5. The van der Waals surface area contributed by atoms with Gasteiger partial charge in [0, 0.05) is 55.8 Å². The molecule has 2 aliphatic heterocycles. The van der Waals surface area contributed by atoms with Crippen molar-refractivity contribution in [3.8, 4) is 27.4 Å². The molecule has 1 atom stereocenters. The number of hydrogen-bond donors (Lipinski definition) is 1. The molecular formula is C38H35N5O6S. The number of aromatic hydroxyl groups is 1. The Kier molecular flexibility index (Phi) is 9.13. The first-order valence-electron chi connectivity index (χ1n) is 16.4. The van der Waals surface area contributed by atoms with Gasteiger partial charge in [0.1, 0.15) is 16.8 Å². The number of phenolic OH excluding ortho intramolecular Hbond substituents is 1. The SMILES string of the molecule is CN(C)c1ccc2nc(-c3ccc(-c4ccc(CCCOCCN5C(=O)CCC(N6C(=O)c7ccc(O)cc7C6=O)C5=O)nc4)cc3)sc2c1. The van der Waals surface area contributed by atoms with Gasteiger partial charge in [-0.15, -0.1) is 11.3 Å². The second kappa shape index (κ2) is 13.8. The summed E-state index contributed by atoms with van der Waals surface area (Å²) in [6, 6.07) is 21.5. The summed E-state index contributed by atoms with van der Waals surface area (Å²) < 4.78 is 6.90. The van der Waals surface area contributed by atoms with Crippen molar-refractivity contribution in [1.82, 2.24) is 19.8 Å². The highest BCUT2D eigenvalue weighted by molar-refractivity contribution is 7.21. The zero-order valence-electron chi connectivity index (χ0n) is 27.7. The Morgan fingerprint density at radius 1 is 0.880 bits per heavy atom. The first kappa shape index (κ1) is 33.1. The Balaban J connectivity index is 0.874. The van der Waals surface area contributed by atoms with E-state index in [9.17, 15) is 24.3 Å². The molecule has 2 aromatic heterocycles. The van der Waals surface area contributed by atoms with Crippen molar-refractivity contribution in [2.45, 2.75) is 31.7 Å². The number of anilines is 1. The number of carbonyl (C=O) groups excluding carboxylic acids is 4. The van der Waals surface area contributed by atoms with Crippen LogP contribution in [-0.4, -0.2) is 88.4 Å². The predicted molar refractivity (Wildman–Crippen MR) is 190 cm³/mol. The molecule has 254 valence electrons. The molecule has 1 N–H and O–H groups in total. The van der Waals surface area contributed by atoms with Gasteiger partial charge in [0.05, 0.1) is 34.5 Å². The number of rotatable bonds is 11. The van der Waals surface area contributed by atoms with Crippen molar-refractivity contribution in [1.29, 1.82) is 0 Å². The fourth-order valence-corrected chi connectivity index (χ4v) is 7.31. The van der Waals surface area contributed by atoms with Gasteiger partial charge in [-0.3, -0.25) is 34.0 Å². The van der Waals surface area contributed by atoms with Crippen LogP contribution < -0.4 is 4.90 Å². The van der Waals surface area contributed by atoms with Gasteiger partial charge >= 0.3 is 0 Å². The molecule has 7 rings (SSSR count). The number of thiazole rings is 1. The molecule has 0 aliphatic carbocycles. The maximum absolute atomic E-state index is 13.3. The Labute approximate surface area is 292 Å². The molecule has 12 heteroatoms. The number of fused-ring (bicyclic) bond motifs is 2. The molecule has 0 spiro atoms. The summed E-state index contributed by atoms with van der Waals surface area (Å²) >= 11 is 1.69. The summed E-state index contributed by atoms with van der Waals surface area (Å²) in [5, 5.41) is 10.7. The number of ether oxygens (including phenoxy) is 1. The third-order valence-electron chi connectivity index (χ3n) is 9.06. The van der Waals surface area contributed by atoms with Gasteiger partial charge in [-0.25, -0.2) is 4.98 Å². The minimum Gasteiger partial charge on any atom is -0.508 e. The lowest BCUT2D eigenvalue weighted by atomic mass is 10.0. The van der Waals surface area contributed by atoms with Crippen LogP contribution in [0.2, 0.25) is 0 Å². The van der Waals surface area contributed by atoms with E-state index in [-0.39, 0.29) is 48.8 Å². The average molecular weight is 690 g/mol. The zero-order chi connectivity index (χ0) is 34.9. The van der Waals surface area contributed by atoms with Crippen LogP contribution in [0.4, 0.5) is 5.69 Å². The highest BCUT2D eigenvalue weighted by atomic mass is 32.1. The van der Waals surface area contributed by atoms with E-state index < -0.39 is 23.8 Å². The molecule has 3 aromatic carbocycles. The first-order valence-corrected chi connectivity index (χ1v) is 17.3. The molecule has 5 aromatic rings. The van der Waals surface area contributed by atoms with Crippen molar-refractivity contribution in [2.24, 2.45) is 0 Å². The van der Waals surface area contributed by atoms with Crippen molar-refractivity contribution >= 4 is 50.9 Å². The third kappa shape index (κ3) is 6.47. The van der Waals surface area contributed by atoms with Crippen LogP contribution in [0.15, 0.2) is 79.0 Å². The summed E-state index contributed by atoms with van der Waals surface area (Å²) in [4.78, 5) is 65.2. The highest BCUT2D eigenvalue weighted by Gasteiger charge is 2.47.